The number of carboxylic acids is 1. The van der Waals surface area contributed by atoms with Gasteiger partial charge in [-0.3, -0.25) is 9.59 Å². The summed E-state index contributed by atoms with van der Waals surface area (Å²) in [4.78, 5) is 37.4. The molecule has 1 aliphatic carbocycles. The molecular formula is C24H28N2O5. The van der Waals surface area contributed by atoms with Crippen molar-refractivity contribution in [1.82, 2.24) is 10.2 Å². The third kappa shape index (κ3) is 4.87. The van der Waals surface area contributed by atoms with Crippen LogP contribution in [0.3, 0.4) is 0 Å². The van der Waals surface area contributed by atoms with Gasteiger partial charge in [-0.05, 0) is 27.7 Å². The lowest BCUT2D eigenvalue weighted by Crippen LogP contribution is -2.54. The van der Waals surface area contributed by atoms with Crippen LogP contribution in [0.4, 0.5) is 4.79 Å². The molecule has 0 heterocycles. The number of nitrogens with zero attached hydrogens (tertiary/aromatic N) is 1. The number of rotatable bonds is 6. The summed E-state index contributed by atoms with van der Waals surface area (Å²) in [6.07, 6.45) is -0.709. The van der Waals surface area contributed by atoms with Crippen molar-refractivity contribution in [2.24, 2.45) is 5.41 Å². The lowest BCUT2D eigenvalue weighted by Gasteiger charge is -2.32. The van der Waals surface area contributed by atoms with Gasteiger partial charge in [0.15, 0.2) is 0 Å². The van der Waals surface area contributed by atoms with Crippen molar-refractivity contribution in [2.75, 3.05) is 20.2 Å². The van der Waals surface area contributed by atoms with Gasteiger partial charge in [0.05, 0.1) is 0 Å². The molecule has 2 amide bonds. The minimum absolute atomic E-state index is 0.0865. The van der Waals surface area contributed by atoms with Crippen molar-refractivity contribution in [3.63, 3.8) is 0 Å². The van der Waals surface area contributed by atoms with Crippen LogP contribution < -0.4 is 5.32 Å². The van der Waals surface area contributed by atoms with Gasteiger partial charge in [0, 0.05) is 13.0 Å². The van der Waals surface area contributed by atoms with Crippen molar-refractivity contribution in [3.05, 3.63) is 59.7 Å². The van der Waals surface area contributed by atoms with Crippen molar-refractivity contribution >= 4 is 18.0 Å². The maximum absolute atomic E-state index is 12.7. The van der Waals surface area contributed by atoms with Crippen molar-refractivity contribution in [1.29, 1.82) is 0 Å². The van der Waals surface area contributed by atoms with E-state index in [4.69, 9.17) is 9.84 Å². The van der Waals surface area contributed by atoms with Gasteiger partial charge in [0.25, 0.3) is 0 Å². The number of hydrogen-bond donors (Lipinski definition) is 2. The number of amides is 2. The number of carbonyl (C=O) groups excluding carboxylic acids is 2. The van der Waals surface area contributed by atoms with E-state index < -0.39 is 36.0 Å². The highest BCUT2D eigenvalue weighted by Crippen LogP contribution is 2.44. The third-order valence-corrected chi connectivity index (χ3v) is 5.47. The minimum atomic E-state index is -1.12. The number of benzene rings is 2. The fourth-order valence-electron chi connectivity index (χ4n) is 3.91. The molecule has 1 aliphatic rings. The van der Waals surface area contributed by atoms with E-state index in [1.54, 1.807) is 20.8 Å². The first-order valence-electron chi connectivity index (χ1n) is 10.2. The van der Waals surface area contributed by atoms with Crippen LogP contribution in [0.1, 0.15) is 37.8 Å². The number of alkyl carbamates (subject to hydrolysis) is 1. The highest BCUT2D eigenvalue weighted by atomic mass is 16.5. The van der Waals surface area contributed by atoms with Crippen LogP contribution >= 0.6 is 0 Å². The molecule has 2 N–H and O–H groups in total. The fraction of sp³-hybridized carbons (Fsp3) is 0.375. The summed E-state index contributed by atoms with van der Waals surface area (Å²) in [5, 5.41) is 11.6. The monoisotopic (exact) mass is 424 g/mol. The molecule has 0 saturated carbocycles. The first kappa shape index (κ1) is 22.3. The lowest BCUT2D eigenvalue weighted by molar-refractivity contribution is -0.145. The molecule has 0 spiro atoms. The zero-order valence-electron chi connectivity index (χ0n) is 18.2. The van der Waals surface area contributed by atoms with Crippen LogP contribution in [-0.2, 0) is 14.3 Å². The lowest BCUT2D eigenvalue weighted by atomic mass is 9.86. The number of nitrogens with one attached hydrogen (secondary N) is 1. The molecule has 164 valence electrons. The number of likely N-dealkylation sites (N-methyl/N-ethyl adjacent to an activating group) is 1. The largest absolute Gasteiger partial charge is 0.480 e. The SMILES string of the molecule is CN(CC(=O)O)C(=O)[C@@H](NC(=O)OCC1c2ccccc2-c2ccccc21)C(C)(C)C. The van der Waals surface area contributed by atoms with Crippen LogP contribution in [0.5, 0.6) is 0 Å². The maximum atomic E-state index is 12.7. The highest BCUT2D eigenvalue weighted by molar-refractivity contribution is 5.88. The van der Waals surface area contributed by atoms with Gasteiger partial charge in [0.2, 0.25) is 5.91 Å². The molecule has 0 fully saturated rings. The number of carboxylic acid groups (broad SMARTS) is 1. The highest BCUT2D eigenvalue weighted by Gasteiger charge is 2.36. The Morgan fingerprint density at radius 1 is 1.03 bits per heavy atom. The number of carbonyl (C=O) groups is 3. The Balaban J connectivity index is 1.71. The fourth-order valence-corrected chi connectivity index (χ4v) is 3.91. The van der Waals surface area contributed by atoms with E-state index in [9.17, 15) is 14.4 Å². The van der Waals surface area contributed by atoms with Crippen LogP contribution in [0, 0.1) is 5.41 Å². The van der Waals surface area contributed by atoms with Gasteiger partial charge in [0.1, 0.15) is 19.2 Å². The van der Waals surface area contributed by atoms with Crippen LogP contribution in [0.25, 0.3) is 11.1 Å². The van der Waals surface area contributed by atoms with E-state index in [0.29, 0.717) is 0 Å². The summed E-state index contributed by atoms with van der Waals surface area (Å²) in [5.74, 6) is -1.69. The molecule has 0 saturated heterocycles. The second-order valence-electron chi connectivity index (χ2n) is 8.86. The number of hydrogen-bond acceptors (Lipinski definition) is 4. The Morgan fingerprint density at radius 3 is 2.03 bits per heavy atom. The molecule has 0 bridgehead atoms. The summed E-state index contributed by atoms with van der Waals surface area (Å²) < 4.78 is 5.54. The smallest absolute Gasteiger partial charge is 0.407 e. The molecule has 31 heavy (non-hydrogen) atoms. The zero-order chi connectivity index (χ0) is 22.8. The van der Waals surface area contributed by atoms with E-state index in [-0.39, 0.29) is 12.5 Å². The normalized spacial score (nSPS) is 13.7. The second kappa shape index (κ2) is 8.79. The molecule has 0 unspecified atom stereocenters. The summed E-state index contributed by atoms with van der Waals surface area (Å²) >= 11 is 0. The minimum Gasteiger partial charge on any atom is -0.480 e. The second-order valence-corrected chi connectivity index (χ2v) is 8.86. The summed E-state index contributed by atoms with van der Waals surface area (Å²) in [6.45, 7) is 5.09. The zero-order valence-corrected chi connectivity index (χ0v) is 18.2. The molecule has 0 radical (unpaired) electrons. The Bertz CT molecular complexity index is 950. The first-order valence-corrected chi connectivity index (χ1v) is 10.2. The molecular weight excluding hydrogens is 396 g/mol. The van der Waals surface area contributed by atoms with Gasteiger partial charge < -0.3 is 20.1 Å². The van der Waals surface area contributed by atoms with Gasteiger partial charge in [-0.15, -0.1) is 0 Å². The Kier molecular flexibility index (Phi) is 6.34. The summed E-state index contributed by atoms with van der Waals surface area (Å²) in [6, 6.07) is 15.1. The number of aliphatic carboxylic acids is 1. The van der Waals surface area contributed by atoms with Gasteiger partial charge in [-0.2, -0.15) is 0 Å². The topological polar surface area (TPSA) is 95.9 Å². The molecule has 7 heteroatoms. The Hall–Kier alpha value is -3.35. The van der Waals surface area contributed by atoms with E-state index in [0.717, 1.165) is 27.2 Å². The average molecular weight is 424 g/mol. The van der Waals surface area contributed by atoms with E-state index in [1.807, 2.05) is 36.4 Å². The molecule has 7 nitrogen and oxygen atoms in total. The molecule has 2 aromatic rings. The molecule has 1 atom stereocenters. The van der Waals surface area contributed by atoms with Crippen LogP contribution in [0.15, 0.2) is 48.5 Å². The predicted octanol–water partition coefficient (Wildman–Crippen LogP) is 3.48. The van der Waals surface area contributed by atoms with Crippen LogP contribution in [-0.4, -0.2) is 54.2 Å². The molecule has 0 aliphatic heterocycles. The third-order valence-electron chi connectivity index (χ3n) is 5.47. The molecule has 0 aromatic heterocycles. The maximum Gasteiger partial charge on any atom is 0.407 e. The average Bonchev–Trinajstić information content (AvgIpc) is 3.02. The van der Waals surface area contributed by atoms with E-state index >= 15 is 0 Å². The Labute approximate surface area is 182 Å². The standard InChI is InChI=1S/C24H28N2O5/c1-24(2,3)21(22(29)26(4)13-20(27)28)25-23(30)31-14-19-17-11-7-5-9-15(17)16-10-6-8-12-18(16)19/h5-12,19,21H,13-14H2,1-4H3,(H,25,30)(H,27,28)/t21-/m1/s1. The Morgan fingerprint density at radius 2 is 1.55 bits per heavy atom. The van der Waals surface area contributed by atoms with Gasteiger partial charge in [-0.1, -0.05) is 69.3 Å². The quantitative estimate of drug-likeness (QED) is 0.740. The van der Waals surface area contributed by atoms with Crippen molar-refractivity contribution < 1.29 is 24.2 Å². The molecule has 2 aromatic carbocycles. The van der Waals surface area contributed by atoms with Crippen molar-refractivity contribution in [3.8, 4) is 11.1 Å². The van der Waals surface area contributed by atoms with Crippen LogP contribution in [0.2, 0.25) is 0 Å². The van der Waals surface area contributed by atoms with Gasteiger partial charge in [-0.25, -0.2) is 4.79 Å². The summed E-state index contributed by atoms with van der Waals surface area (Å²) in [5.41, 5.74) is 3.83. The van der Waals surface area contributed by atoms with Gasteiger partial charge >= 0.3 is 12.1 Å². The summed E-state index contributed by atoms with van der Waals surface area (Å²) in [7, 11) is 1.40. The number of fused-ring (bicyclic) bond motifs is 3. The van der Waals surface area contributed by atoms with E-state index in [1.165, 1.54) is 7.05 Å². The van der Waals surface area contributed by atoms with Crippen molar-refractivity contribution in [2.45, 2.75) is 32.7 Å². The van der Waals surface area contributed by atoms with E-state index in [2.05, 4.69) is 17.4 Å². The number of ether oxygens (including phenoxy) is 1. The first-order chi connectivity index (χ1) is 14.6. The predicted molar refractivity (Wildman–Crippen MR) is 117 cm³/mol. The molecule has 3 rings (SSSR count).